The number of carbonyl (C=O) groups is 1. The number of carbonyl (C=O) groups excluding carboxylic acids is 1. The number of esters is 1. The van der Waals surface area contributed by atoms with Crippen molar-refractivity contribution in [3.8, 4) is 17.2 Å². The minimum atomic E-state index is -1.90. The van der Waals surface area contributed by atoms with Crippen LogP contribution in [-0.4, -0.2) is 28.5 Å². The molecule has 0 saturated carbocycles. The summed E-state index contributed by atoms with van der Waals surface area (Å²) in [4.78, 5) is 12.7. The molecule has 0 aliphatic carbocycles. The first-order valence-electron chi connectivity index (χ1n) is 9.80. The molecule has 0 bridgehead atoms. The van der Waals surface area contributed by atoms with E-state index in [0.717, 1.165) is 16.9 Å². The number of benzene rings is 2. The molecule has 0 aromatic heterocycles. The Hall–Kier alpha value is -2.47. The second-order valence-corrected chi connectivity index (χ2v) is 13.6. The normalized spacial score (nSPS) is 16.7. The molecule has 5 nitrogen and oxygen atoms in total. The van der Waals surface area contributed by atoms with Crippen LogP contribution in [0.2, 0.25) is 18.1 Å². The Labute approximate surface area is 174 Å². The molecule has 0 radical (unpaired) electrons. The van der Waals surface area contributed by atoms with Crippen molar-refractivity contribution < 1.29 is 23.4 Å². The zero-order valence-corrected chi connectivity index (χ0v) is 19.3. The smallest absolute Gasteiger partial charge is 0.342 e. The van der Waals surface area contributed by atoms with E-state index in [1.54, 1.807) is 13.2 Å². The van der Waals surface area contributed by atoms with Gasteiger partial charge < -0.3 is 18.6 Å². The minimum absolute atomic E-state index is 0.131. The largest absolute Gasteiger partial charge is 0.544 e. The third-order valence-corrected chi connectivity index (χ3v) is 10.3. The lowest BCUT2D eigenvalue weighted by atomic mass is 9.93. The molecule has 29 heavy (non-hydrogen) atoms. The van der Waals surface area contributed by atoms with Crippen LogP contribution in [0.4, 0.5) is 0 Å². The van der Waals surface area contributed by atoms with Crippen molar-refractivity contribution in [2.45, 2.75) is 51.4 Å². The Morgan fingerprint density at radius 2 is 1.66 bits per heavy atom. The van der Waals surface area contributed by atoms with Crippen molar-refractivity contribution in [3.05, 3.63) is 53.1 Å². The van der Waals surface area contributed by atoms with Gasteiger partial charge in [-0.25, -0.2) is 4.79 Å². The highest BCUT2D eigenvalue weighted by Gasteiger charge is 2.39. The zero-order valence-electron chi connectivity index (χ0n) is 18.3. The highest BCUT2D eigenvalue weighted by molar-refractivity contribution is 6.74. The van der Waals surface area contributed by atoms with Crippen LogP contribution in [0.15, 0.2) is 36.4 Å². The number of cyclic esters (lactones) is 1. The minimum Gasteiger partial charge on any atom is -0.544 e. The summed E-state index contributed by atoms with van der Waals surface area (Å²) < 4.78 is 22.8. The maximum absolute atomic E-state index is 12.7. The quantitative estimate of drug-likeness (QED) is 0.475. The number of hydrogen-bond donors (Lipinski definition) is 0. The van der Waals surface area contributed by atoms with Crippen LogP contribution in [0.1, 0.15) is 48.4 Å². The highest BCUT2D eigenvalue weighted by Crippen LogP contribution is 2.40. The number of methoxy groups -OCH3 is 2. The molecule has 0 saturated heterocycles. The van der Waals surface area contributed by atoms with Crippen molar-refractivity contribution in [3.63, 3.8) is 0 Å². The summed E-state index contributed by atoms with van der Waals surface area (Å²) in [5, 5.41) is 0.131. The van der Waals surface area contributed by atoms with Gasteiger partial charge in [0, 0.05) is 12.5 Å². The van der Waals surface area contributed by atoms with Crippen LogP contribution in [0.5, 0.6) is 17.2 Å². The molecule has 0 amide bonds. The Bertz CT molecular complexity index is 897. The summed E-state index contributed by atoms with van der Waals surface area (Å²) >= 11 is 0. The Balaban J connectivity index is 1.84. The van der Waals surface area contributed by atoms with Gasteiger partial charge in [0.05, 0.1) is 14.2 Å². The third kappa shape index (κ3) is 4.27. The maximum atomic E-state index is 12.7. The predicted octanol–water partition coefficient (Wildman–Crippen LogP) is 5.54. The lowest BCUT2D eigenvalue weighted by molar-refractivity contribution is 0.0248. The monoisotopic (exact) mass is 414 g/mol. The van der Waals surface area contributed by atoms with Gasteiger partial charge in [0.25, 0.3) is 0 Å². The molecule has 2 aromatic carbocycles. The molecule has 1 unspecified atom stereocenters. The van der Waals surface area contributed by atoms with Crippen LogP contribution in [0.3, 0.4) is 0 Å². The summed E-state index contributed by atoms with van der Waals surface area (Å²) in [6, 6.07) is 11.5. The van der Waals surface area contributed by atoms with Gasteiger partial charge in [-0.3, -0.25) is 0 Å². The fourth-order valence-electron chi connectivity index (χ4n) is 3.13. The lowest BCUT2D eigenvalue weighted by Crippen LogP contribution is -2.43. The average Bonchev–Trinajstić information content (AvgIpc) is 2.66. The Morgan fingerprint density at radius 3 is 2.21 bits per heavy atom. The van der Waals surface area contributed by atoms with Gasteiger partial charge in [-0.15, -0.1) is 0 Å². The van der Waals surface area contributed by atoms with Gasteiger partial charge >= 0.3 is 5.97 Å². The lowest BCUT2D eigenvalue weighted by Gasteiger charge is -2.36. The topological polar surface area (TPSA) is 54.0 Å². The first-order valence-corrected chi connectivity index (χ1v) is 12.7. The van der Waals surface area contributed by atoms with E-state index in [1.165, 1.54) is 7.11 Å². The van der Waals surface area contributed by atoms with Crippen molar-refractivity contribution in [1.82, 2.24) is 0 Å². The van der Waals surface area contributed by atoms with Gasteiger partial charge in [0.15, 0.2) is 0 Å². The molecule has 6 heteroatoms. The molecule has 1 heterocycles. The number of fused-ring (bicyclic) bond motifs is 1. The van der Waals surface area contributed by atoms with Crippen LogP contribution >= 0.6 is 0 Å². The summed E-state index contributed by atoms with van der Waals surface area (Å²) in [5.74, 6) is 1.61. The van der Waals surface area contributed by atoms with E-state index in [4.69, 9.17) is 18.6 Å². The maximum Gasteiger partial charge on any atom is 0.342 e. The molecule has 0 spiro atoms. The second kappa shape index (κ2) is 7.75. The molecule has 0 N–H and O–H groups in total. The molecule has 1 atom stereocenters. The van der Waals surface area contributed by atoms with E-state index in [9.17, 15) is 4.79 Å². The molecular formula is C23H30O5Si. The number of ether oxygens (including phenoxy) is 3. The van der Waals surface area contributed by atoms with Crippen molar-refractivity contribution in [2.24, 2.45) is 0 Å². The SMILES string of the molecule is COc1cc2c(c(OC)c1)C(=O)OC(c1ccc(O[Si](C)(C)C(C)(C)C)cc1)C2. The standard InChI is InChI=1S/C23H30O5Si/c1-23(2,3)29(6,7)28-17-10-8-15(9-11-17)19-13-16-12-18(25-4)14-20(26-5)21(16)22(24)27-19/h8-12,14,19H,13H2,1-7H3. The van der Waals surface area contributed by atoms with Crippen molar-refractivity contribution in [1.29, 1.82) is 0 Å². The van der Waals surface area contributed by atoms with Gasteiger partial charge in [0.2, 0.25) is 8.32 Å². The second-order valence-electron chi connectivity index (χ2n) is 8.89. The molecule has 0 fully saturated rings. The van der Waals surface area contributed by atoms with Crippen LogP contribution in [-0.2, 0) is 11.2 Å². The average molecular weight is 415 g/mol. The zero-order chi connectivity index (χ0) is 21.4. The fourth-order valence-corrected chi connectivity index (χ4v) is 4.16. The predicted molar refractivity (Wildman–Crippen MR) is 116 cm³/mol. The first-order chi connectivity index (χ1) is 13.6. The van der Waals surface area contributed by atoms with E-state index in [2.05, 4.69) is 33.9 Å². The van der Waals surface area contributed by atoms with E-state index in [-0.39, 0.29) is 17.1 Å². The van der Waals surface area contributed by atoms with E-state index >= 15 is 0 Å². The fraction of sp³-hybridized carbons (Fsp3) is 0.435. The van der Waals surface area contributed by atoms with Gasteiger partial charge in [0.1, 0.15) is 28.9 Å². The molecule has 3 rings (SSSR count). The van der Waals surface area contributed by atoms with Gasteiger partial charge in [-0.1, -0.05) is 32.9 Å². The van der Waals surface area contributed by atoms with Crippen LogP contribution < -0.4 is 13.9 Å². The molecule has 156 valence electrons. The summed E-state index contributed by atoms with van der Waals surface area (Å²) in [5.41, 5.74) is 2.28. The molecule has 1 aliphatic rings. The Morgan fingerprint density at radius 1 is 1.00 bits per heavy atom. The van der Waals surface area contributed by atoms with Gasteiger partial charge in [-0.2, -0.15) is 0 Å². The number of hydrogen-bond acceptors (Lipinski definition) is 5. The Kier molecular flexibility index (Phi) is 5.67. The first kappa shape index (κ1) is 21.2. The third-order valence-electron chi connectivity index (χ3n) is 5.90. The van der Waals surface area contributed by atoms with E-state index in [0.29, 0.717) is 23.5 Å². The molecule has 1 aliphatic heterocycles. The summed E-state index contributed by atoms with van der Waals surface area (Å²) in [6.07, 6.45) is 0.214. The highest BCUT2D eigenvalue weighted by atomic mass is 28.4. The van der Waals surface area contributed by atoms with Crippen LogP contribution in [0.25, 0.3) is 0 Å². The molecule has 2 aromatic rings. The van der Waals surface area contributed by atoms with Crippen molar-refractivity contribution >= 4 is 14.3 Å². The van der Waals surface area contributed by atoms with E-state index < -0.39 is 8.32 Å². The van der Waals surface area contributed by atoms with Crippen LogP contribution in [0, 0.1) is 0 Å². The number of rotatable bonds is 5. The summed E-state index contributed by atoms with van der Waals surface area (Å²) in [7, 11) is 1.24. The van der Waals surface area contributed by atoms with Crippen molar-refractivity contribution in [2.75, 3.05) is 14.2 Å². The van der Waals surface area contributed by atoms with E-state index in [1.807, 2.05) is 30.3 Å². The summed E-state index contributed by atoms with van der Waals surface area (Å²) in [6.45, 7) is 11.1. The van der Waals surface area contributed by atoms with Gasteiger partial charge in [-0.05, 0) is 47.5 Å². The molecular weight excluding hydrogens is 384 g/mol.